The number of carbonyl (C=O) groups excluding carboxylic acids is 1. The highest BCUT2D eigenvalue weighted by Crippen LogP contribution is 2.30. The van der Waals surface area contributed by atoms with Crippen molar-refractivity contribution in [2.24, 2.45) is 0 Å². The molecule has 0 aliphatic carbocycles. The fourth-order valence-electron chi connectivity index (χ4n) is 1.55. The maximum Gasteiger partial charge on any atom is 0.340 e. The Labute approximate surface area is 98.0 Å². The van der Waals surface area contributed by atoms with Crippen molar-refractivity contribution in [3.8, 4) is 11.1 Å². The second-order valence-electron chi connectivity index (χ2n) is 3.25. The number of methoxy groups -OCH3 is 1. The summed E-state index contributed by atoms with van der Waals surface area (Å²) in [4.78, 5) is 14.4. The maximum absolute atomic E-state index is 11.5. The van der Waals surface area contributed by atoms with Crippen molar-refractivity contribution in [3.05, 3.63) is 47.2 Å². The second kappa shape index (κ2) is 4.41. The molecule has 2 aromatic rings. The number of nitrogens with one attached hydrogen (secondary N) is 1. The predicted octanol–water partition coefficient (Wildman–Crippen LogP) is 3.12. The van der Waals surface area contributed by atoms with Gasteiger partial charge in [-0.15, -0.1) is 0 Å². The van der Waals surface area contributed by atoms with Crippen molar-refractivity contribution < 1.29 is 9.53 Å². The molecular formula is C12H10ClNO2. The number of hydrogen-bond donors (Lipinski definition) is 1. The van der Waals surface area contributed by atoms with Gasteiger partial charge in [0.15, 0.2) is 0 Å². The van der Waals surface area contributed by atoms with Crippen LogP contribution < -0.4 is 0 Å². The van der Waals surface area contributed by atoms with E-state index in [1.807, 2.05) is 18.2 Å². The molecule has 0 saturated heterocycles. The molecule has 0 amide bonds. The first kappa shape index (κ1) is 10.8. The molecular weight excluding hydrogens is 226 g/mol. The van der Waals surface area contributed by atoms with E-state index in [9.17, 15) is 4.79 Å². The highest BCUT2D eigenvalue weighted by molar-refractivity contribution is 6.33. The molecule has 1 N–H and O–H groups in total. The number of halogens is 1. The van der Waals surface area contributed by atoms with Crippen LogP contribution in [-0.4, -0.2) is 18.1 Å². The lowest BCUT2D eigenvalue weighted by molar-refractivity contribution is 0.0602. The average molecular weight is 236 g/mol. The number of aromatic nitrogens is 1. The van der Waals surface area contributed by atoms with Crippen LogP contribution in [0.5, 0.6) is 0 Å². The largest absolute Gasteiger partial charge is 0.465 e. The van der Waals surface area contributed by atoms with Crippen molar-refractivity contribution in [3.63, 3.8) is 0 Å². The SMILES string of the molecule is COC(=O)c1c[nH]cc1-c1ccccc1Cl. The van der Waals surface area contributed by atoms with Gasteiger partial charge in [0.25, 0.3) is 0 Å². The van der Waals surface area contributed by atoms with Gasteiger partial charge in [-0.05, 0) is 6.07 Å². The van der Waals surface area contributed by atoms with Gasteiger partial charge in [0.2, 0.25) is 0 Å². The fourth-order valence-corrected chi connectivity index (χ4v) is 1.78. The molecule has 3 nitrogen and oxygen atoms in total. The smallest absolute Gasteiger partial charge is 0.340 e. The number of ether oxygens (including phenoxy) is 1. The van der Waals surface area contributed by atoms with Crippen LogP contribution in [0.2, 0.25) is 5.02 Å². The van der Waals surface area contributed by atoms with Crippen LogP contribution >= 0.6 is 11.6 Å². The lowest BCUT2D eigenvalue weighted by Gasteiger charge is -2.04. The summed E-state index contributed by atoms with van der Waals surface area (Å²) >= 11 is 6.07. The highest BCUT2D eigenvalue weighted by atomic mass is 35.5. The molecule has 0 saturated carbocycles. The van der Waals surface area contributed by atoms with Gasteiger partial charge in [-0.2, -0.15) is 0 Å². The zero-order valence-electron chi connectivity index (χ0n) is 8.66. The van der Waals surface area contributed by atoms with Crippen molar-refractivity contribution in [2.75, 3.05) is 7.11 Å². The first-order valence-corrected chi connectivity index (χ1v) is 5.12. The van der Waals surface area contributed by atoms with Crippen LogP contribution in [0.3, 0.4) is 0 Å². The Morgan fingerprint density at radius 1 is 1.25 bits per heavy atom. The summed E-state index contributed by atoms with van der Waals surface area (Å²) in [5, 5.41) is 0.604. The molecule has 0 fully saturated rings. The summed E-state index contributed by atoms with van der Waals surface area (Å²) in [5.74, 6) is -0.379. The Bertz CT molecular complexity index is 519. The second-order valence-corrected chi connectivity index (χ2v) is 3.66. The number of rotatable bonds is 2. The van der Waals surface area contributed by atoms with E-state index in [2.05, 4.69) is 4.98 Å². The van der Waals surface area contributed by atoms with E-state index >= 15 is 0 Å². The molecule has 0 aliphatic heterocycles. The molecule has 0 bridgehead atoms. The van der Waals surface area contributed by atoms with Crippen LogP contribution in [-0.2, 0) is 4.74 Å². The molecule has 0 unspecified atom stereocenters. The molecule has 0 aliphatic rings. The number of aromatic amines is 1. The summed E-state index contributed by atoms with van der Waals surface area (Å²) in [7, 11) is 1.35. The Morgan fingerprint density at radius 2 is 2.00 bits per heavy atom. The Hall–Kier alpha value is -1.74. The first-order valence-electron chi connectivity index (χ1n) is 4.74. The number of esters is 1. The highest BCUT2D eigenvalue weighted by Gasteiger charge is 2.15. The minimum absolute atomic E-state index is 0.379. The van der Waals surface area contributed by atoms with Crippen LogP contribution in [0.4, 0.5) is 0 Å². The van der Waals surface area contributed by atoms with E-state index in [0.717, 1.165) is 11.1 Å². The zero-order valence-corrected chi connectivity index (χ0v) is 9.41. The quantitative estimate of drug-likeness (QED) is 0.813. The maximum atomic E-state index is 11.5. The third kappa shape index (κ3) is 1.82. The molecule has 1 heterocycles. The normalized spacial score (nSPS) is 10.1. The van der Waals surface area contributed by atoms with Gasteiger partial charge >= 0.3 is 5.97 Å². The van der Waals surface area contributed by atoms with Crippen molar-refractivity contribution >= 4 is 17.6 Å². The summed E-state index contributed by atoms with van der Waals surface area (Å²) in [5.41, 5.74) is 2.04. The van der Waals surface area contributed by atoms with E-state index in [1.54, 1.807) is 18.5 Å². The van der Waals surface area contributed by atoms with Gasteiger partial charge in [0.1, 0.15) is 0 Å². The lowest BCUT2D eigenvalue weighted by Crippen LogP contribution is -2.01. The van der Waals surface area contributed by atoms with Gasteiger partial charge in [0, 0.05) is 28.5 Å². The zero-order chi connectivity index (χ0) is 11.5. The van der Waals surface area contributed by atoms with E-state index in [-0.39, 0.29) is 5.97 Å². The summed E-state index contributed by atoms with van der Waals surface area (Å²) in [6, 6.07) is 7.36. The lowest BCUT2D eigenvalue weighted by atomic mass is 10.0. The molecule has 4 heteroatoms. The monoisotopic (exact) mass is 235 g/mol. The Balaban J connectivity index is 2.53. The number of carbonyl (C=O) groups is 1. The van der Waals surface area contributed by atoms with Crippen LogP contribution in [0.15, 0.2) is 36.7 Å². The van der Waals surface area contributed by atoms with Gasteiger partial charge in [-0.1, -0.05) is 29.8 Å². The molecule has 0 radical (unpaired) electrons. The summed E-state index contributed by atoms with van der Waals surface area (Å²) in [6.45, 7) is 0. The number of benzene rings is 1. The molecule has 0 atom stereocenters. The Morgan fingerprint density at radius 3 is 2.69 bits per heavy atom. The van der Waals surface area contributed by atoms with Gasteiger partial charge in [0.05, 0.1) is 12.7 Å². The minimum atomic E-state index is -0.379. The van der Waals surface area contributed by atoms with Crippen molar-refractivity contribution in [1.29, 1.82) is 0 Å². The summed E-state index contributed by atoms with van der Waals surface area (Å²) in [6.07, 6.45) is 3.33. The van der Waals surface area contributed by atoms with Crippen molar-refractivity contribution in [2.45, 2.75) is 0 Å². The molecule has 2 rings (SSSR count). The van der Waals surface area contributed by atoms with Crippen LogP contribution in [0.25, 0.3) is 11.1 Å². The number of H-pyrrole nitrogens is 1. The topological polar surface area (TPSA) is 42.1 Å². The molecule has 1 aromatic carbocycles. The third-order valence-electron chi connectivity index (χ3n) is 2.31. The molecule has 16 heavy (non-hydrogen) atoms. The predicted molar refractivity (Wildman–Crippen MR) is 62.6 cm³/mol. The number of hydrogen-bond acceptors (Lipinski definition) is 2. The third-order valence-corrected chi connectivity index (χ3v) is 2.64. The van der Waals surface area contributed by atoms with Gasteiger partial charge in [-0.3, -0.25) is 0 Å². The van der Waals surface area contributed by atoms with Crippen molar-refractivity contribution in [1.82, 2.24) is 4.98 Å². The van der Waals surface area contributed by atoms with E-state index in [4.69, 9.17) is 16.3 Å². The molecule has 0 spiro atoms. The summed E-state index contributed by atoms with van der Waals surface area (Å²) < 4.78 is 4.69. The fraction of sp³-hybridized carbons (Fsp3) is 0.0833. The van der Waals surface area contributed by atoms with E-state index in [0.29, 0.717) is 10.6 Å². The molecule has 1 aromatic heterocycles. The standard InChI is InChI=1S/C12H10ClNO2/c1-16-12(15)10-7-14-6-9(10)8-4-2-3-5-11(8)13/h2-7,14H,1H3. The van der Waals surface area contributed by atoms with Gasteiger partial charge < -0.3 is 9.72 Å². The molecule has 82 valence electrons. The van der Waals surface area contributed by atoms with Gasteiger partial charge in [-0.25, -0.2) is 4.79 Å². The first-order chi connectivity index (χ1) is 7.74. The van der Waals surface area contributed by atoms with E-state index in [1.165, 1.54) is 7.11 Å². The minimum Gasteiger partial charge on any atom is -0.465 e. The van der Waals surface area contributed by atoms with Crippen LogP contribution in [0, 0.1) is 0 Å². The van der Waals surface area contributed by atoms with Crippen LogP contribution in [0.1, 0.15) is 10.4 Å². The Kier molecular flexibility index (Phi) is 2.97. The average Bonchev–Trinajstić information content (AvgIpc) is 2.77. The van der Waals surface area contributed by atoms with E-state index < -0.39 is 0 Å².